The third-order valence-corrected chi connectivity index (χ3v) is 9.91. The third-order valence-electron chi connectivity index (χ3n) is 6.31. The predicted molar refractivity (Wildman–Crippen MR) is 150 cm³/mol. The molecule has 1 aliphatic carbocycles. The highest BCUT2D eigenvalue weighted by molar-refractivity contribution is 7.92. The zero-order valence-electron chi connectivity index (χ0n) is 21.8. The monoisotopic (exact) mass is 577 g/mol. The summed E-state index contributed by atoms with van der Waals surface area (Å²) in [6.45, 7) is 8.47. The molecular formula is C26H31N3O6S3. The largest absolute Gasteiger partial charge is 0.462 e. The lowest BCUT2D eigenvalue weighted by Crippen LogP contribution is -2.28. The summed E-state index contributed by atoms with van der Waals surface area (Å²) in [5.74, 6) is -3.51. The first-order chi connectivity index (χ1) is 18.0. The molecule has 0 fully saturated rings. The molecule has 0 spiro atoms. The number of carbonyl (C=O) groups excluding carboxylic acids is 3. The molecule has 3 aromatic rings. The number of thiazole rings is 1. The van der Waals surface area contributed by atoms with Gasteiger partial charge >= 0.3 is 5.97 Å². The fourth-order valence-corrected chi connectivity index (χ4v) is 8.21. The maximum absolute atomic E-state index is 12.7. The van der Waals surface area contributed by atoms with Crippen molar-refractivity contribution in [2.75, 3.05) is 23.4 Å². The summed E-state index contributed by atoms with van der Waals surface area (Å²) >= 11 is 2.60. The summed E-state index contributed by atoms with van der Waals surface area (Å²) < 4.78 is 33.5. The van der Waals surface area contributed by atoms with E-state index in [-0.39, 0.29) is 6.61 Å². The second kappa shape index (κ2) is 11.5. The first kappa shape index (κ1) is 28.2. The summed E-state index contributed by atoms with van der Waals surface area (Å²) in [4.78, 5) is 43.5. The summed E-state index contributed by atoms with van der Waals surface area (Å²) in [5, 5.41) is 2.89. The smallest absolute Gasteiger partial charge is 0.341 e. The minimum Gasteiger partial charge on any atom is -0.462 e. The molecule has 0 saturated carbocycles. The Bertz CT molecular complexity index is 1580. The van der Waals surface area contributed by atoms with Crippen molar-refractivity contribution in [2.45, 2.75) is 53.5 Å². The fraction of sp³-hybridized carbons (Fsp3) is 0.462. The maximum atomic E-state index is 12.7. The topological polar surface area (TPSA) is 124 Å². The van der Waals surface area contributed by atoms with E-state index in [9.17, 15) is 22.8 Å². The average Bonchev–Trinajstić information content (AvgIpc) is 3.33. The van der Waals surface area contributed by atoms with E-state index in [1.165, 1.54) is 22.7 Å². The Kier molecular flexibility index (Phi) is 8.53. The normalized spacial score (nSPS) is 15.9. The second-order valence-corrected chi connectivity index (χ2v) is 13.6. The molecule has 1 unspecified atom stereocenters. The summed E-state index contributed by atoms with van der Waals surface area (Å²) in [5.41, 5.74) is 3.16. The van der Waals surface area contributed by atoms with E-state index in [0.29, 0.717) is 34.2 Å². The molecule has 1 aliphatic rings. The van der Waals surface area contributed by atoms with Gasteiger partial charge in [-0.05, 0) is 69.2 Å². The van der Waals surface area contributed by atoms with E-state index in [4.69, 9.17) is 4.74 Å². The van der Waals surface area contributed by atoms with Gasteiger partial charge in [-0.25, -0.2) is 13.2 Å². The van der Waals surface area contributed by atoms with Gasteiger partial charge in [-0.2, -0.15) is 4.99 Å². The molecular weight excluding hydrogens is 547 g/mol. The Hall–Kier alpha value is -2.83. The number of ether oxygens (including phenoxy) is 1. The number of hydrogen-bond acceptors (Lipinski definition) is 8. The van der Waals surface area contributed by atoms with Crippen molar-refractivity contribution in [2.24, 2.45) is 10.9 Å². The van der Waals surface area contributed by atoms with Crippen molar-refractivity contribution in [1.82, 2.24) is 4.57 Å². The SMILES string of the molecule is CCOC(=O)c1c(NC(=O)CS(=O)(=O)CC(=O)N=c2sc3cc(C)ccc3n2CC)sc2c1CCC(C)C2. The van der Waals surface area contributed by atoms with Gasteiger partial charge in [-0.3, -0.25) is 9.59 Å². The van der Waals surface area contributed by atoms with Crippen molar-refractivity contribution in [3.8, 4) is 0 Å². The van der Waals surface area contributed by atoms with Crippen LogP contribution in [0.15, 0.2) is 23.2 Å². The van der Waals surface area contributed by atoms with Crippen LogP contribution < -0.4 is 10.1 Å². The molecule has 2 amide bonds. The van der Waals surface area contributed by atoms with Crippen LogP contribution in [0.1, 0.15) is 53.6 Å². The highest BCUT2D eigenvalue weighted by atomic mass is 32.2. The quantitative estimate of drug-likeness (QED) is 0.406. The Morgan fingerprint density at radius 1 is 1.18 bits per heavy atom. The number of amides is 2. The van der Waals surface area contributed by atoms with Gasteiger partial charge in [0.2, 0.25) is 5.91 Å². The van der Waals surface area contributed by atoms with E-state index in [1.807, 2.05) is 36.6 Å². The van der Waals surface area contributed by atoms with E-state index in [2.05, 4.69) is 17.2 Å². The van der Waals surface area contributed by atoms with E-state index < -0.39 is 39.1 Å². The molecule has 1 N–H and O–H groups in total. The highest BCUT2D eigenvalue weighted by Crippen LogP contribution is 2.40. The van der Waals surface area contributed by atoms with Gasteiger partial charge in [0.1, 0.15) is 16.5 Å². The number of benzene rings is 1. The van der Waals surface area contributed by atoms with Crippen LogP contribution in [-0.2, 0) is 43.5 Å². The van der Waals surface area contributed by atoms with Crippen LogP contribution in [0.3, 0.4) is 0 Å². The zero-order valence-corrected chi connectivity index (χ0v) is 24.3. The minimum atomic E-state index is -4.10. The highest BCUT2D eigenvalue weighted by Gasteiger charge is 2.30. The van der Waals surface area contributed by atoms with Crippen LogP contribution in [0.5, 0.6) is 0 Å². The van der Waals surface area contributed by atoms with Crippen molar-refractivity contribution >= 4 is 65.5 Å². The number of fused-ring (bicyclic) bond motifs is 2. The average molecular weight is 578 g/mol. The number of carbonyl (C=O) groups is 3. The lowest BCUT2D eigenvalue weighted by atomic mass is 9.88. The molecule has 4 rings (SSSR count). The molecule has 2 heterocycles. The molecule has 12 heteroatoms. The number of esters is 1. The molecule has 9 nitrogen and oxygen atoms in total. The number of sulfone groups is 1. The number of aryl methyl sites for hydroxylation is 2. The molecule has 0 bridgehead atoms. The van der Waals surface area contributed by atoms with Gasteiger partial charge in [0, 0.05) is 11.4 Å². The summed E-state index contributed by atoms with van der Waals surface area (Å²) in [7, 11) is -4.10. The molecule has 1 atom stereocenters. The van der Waals surface area contributed by atoms with Gasteiger partial charge in [-0.1, -0.05) is 24.3 Å². The molecule has 0 radical (unpaired) electrons. The Labute approximate surface area is 229 Å². The maximum Gasteiger partial charge on any atom is 0.341 e. The van der Waals surface area contributed by atoms with Crippen molar-refractivity contribution in [1.29, 1.82) is 0 Å². The van der Waals surface area contributed by atoms with Gasteiger partial charge in [0.15, 0.2) is 14.6 Å². The standard InChI is InChI=1S/C26H31N3O6S3/c1-5-29-18-10-8-16(4)12-20(18)37-26(29)28-22(31)14-38(33,34)13-21(30)27-24-23(25(32)35-6-2)17-9-7-15(3)11-19(17)36-24/h8,10,12,15H,5-7,9,11,13-14H2,1-4H3,(H,27,30). The molecule has 204 valence electrons. The van der Waals surface area contributed by atoms with Gasteiger partial charge < -0.3 is 14.6 Å². The number of nitrogens with one attached hydrogen (secondary N) is 1. The van der Waals surface area contributed by atoms with Gasteiger partial charge in [0.05, 0.1) is 22.4 Å². The van der Waals surface area contributed by atoms with Crippen LogP contribution >= 0.6 is 22.7 Å². The molecule has 1 aromatic carbocycles. The predicted octanol–water partition coefficient (Wildman–Crippen LogP) is 3.87. The third kappa shape index (κ3) is 6.24. The number of hydrogen-bond donors (Lipinski definition) is 1. The molecule has 0 aliphatic heterocycles. The Morgan fingerprint density at radius 3 is 2.66 bits per heavy atom. The first-order valence-electron chi connectivity index (χ1n) is 12.5. The second-order valence-electron chi connectivity index (χ2n) is 9.46. The lowest BCUT2D eigenvalue weighted by Gasteiger charge is -2.18. The van der Waals surface area contributed by atoms with E-state index >= 15 is 0 Å². The number of nitrogens with zero attached hydrogens (tertiary/aromatic N) is 2. The van der Waals surface area contributed by atoms with Crippen LogP contribution in [0.4, 0.5) is 5.00 Å². The van der Waals surface area contributed by atoms with Gasteiger partial charge in [0.25, 0.3) is 5.91 Å². The Balaban J connectivity index is 1.50. The summed E-state index contributed by atoms with van der Waals surface area (Å²) in [6, 6.07) is 5.90. The number of thiophene rings is 1. The van der Waals surface area contributed by atoms with Crippen LogP contribution in [0, 0.1) is 12.8 Å². The van der Waals surface area contributed by atoms with Crippen molar-refractivity contribution < 1.29 is 27.5 Å². The van der Waals surface area contributed by atoms with E-state index in [1.54, 1.807) is 6.92 Å². The van der Waals surface area contributed by atoms with Crippen molar-refractivity contribution in [3.05, 3.63) is 44.6 Å². The lowest BCUT2D eigenvalue weighted by molar-refractivity contribution is -0.115. The molecule has 38 heavy (non-hydrogen) atoms. The number of rotatable bonds is 8. The van der Waals surface area contributed by atoms with E-state index in [0.717, 1.165) is 39.1 Å². The number of aromatic nitrogens is 1. The zero-order chi connectivity index (χ0) is 27.6. The molecule has 0 saturated heterocycles. The number of anilines is 1. The van der Waals surface area contributed by atoms with Crippen LogP contribution in [-0.4, -0.2) is 48.9 Å². The first-order valence-corrected chi connectivity index (χ1v) is 16.0. The van der Waals surface area contributed by atoms with Crippen molar-refractivity contribution in [3.63, 3.8) is 0 Å². The van der Waals surface area contributed by atoms with Crippen LogP contribution in [0.2, 0.25) is 0 Å². The molecule has 2 aromatic heterocycles. The van der Waals surface area contributed by atoms with Crippen LogP contribution in [0.25, 0.3) is 10.2 Å². The summed E-state index contributed by atoms with van der Waals surface area (Å²) in [6.07, 6.45) is 2.40. The van der Waals surface area contributed by atoms with Gasteiger partial charge in [-0.15, -0.1) is 11.3 Å². The Morgan fingerprint density at radius 2 is 1.95 bits per heavy atom. The fourth-order valence-electron chi connectivity index (χ4n) is 4.57. The minimum absolute atomic E-state index is 0.185.